The molecule has 3 aromatic heterocycles. The summed E-state index contributed by atoms with van der Waals surface area (Å²) in [7, 11) is 3.37. The highest BCUT2D eigenvalue weighted by Crippen LogP contribution is 2.31. The second kappa shape index (κ2) is 7.57. The molecule has 0 aromatic carbocycles. The molecule has 0 bridgehead atoms. The molecule has 0 atom stereocenters. The highest BCUT2D eigenvalue weighted by atomic mass is 16.6. The van der Waals surface area contributed by atoms with Crippen LogP contribution in [0.25, 0.3) is 16.8 Å². The average molecular weight is 396 g/mol. The van der Waals surface area contributed by atoms with Gasteiger partial charge in [-0.2, -0.15) is 5.10 Å². The van der Waals surface area contributed by atoms with Crippen molar-refractivity contribution in [2.24, 2.45) is 0 Å². The maximum absolute atomic E-state index is 12.1. The van der Waals surface area contributed by atoms with Gasteiger partial charge in [-0.15, -0.1) is 0 Å². The standard InChI is InChI=1S/C20H24N6O3/c1-13(2)29-20(27)24(3)14-11-25(12-14)17-7-9-26-18(23-17)16(10-22-26)15-6-5-8-21-19(15)28-4/h5-10,13-14H,11-12H2,1-4H3. The van der Waals surface area contributed by atoms with E-state index < -0.39 is 0 Å². The predicted octanol–water partition coefficient (Wildman–Crippen LogP) is 2.47. The van der Waals surface area contributed by atoms with Gasteiger partial charge >= 0.3 is 6.09 Å². The third kappa shape index (κ3) is 3.55. The Hall–Kier alpha value is -3.36. The first-order valence-electron chi connectivity index (χ1n) is 9.50. The Balaban J connectivity index is 1.54. The van der Waals surface area contributed by atoms with Crippen molar-refractivity contribution in [3.05, 3.63) is 36.8 Å². The molecule has 4 heterocycles. The van der Waals surface area contributed by atoms with Crippen molar-refractivity contribution < 1.29 is 14.3 Å². The molecule has 0 saturated carbocycles. The third-order valence-corrected chi connectivity index (χ3v) is 4.97. The summed E-state index contributed by atoms with van der Waals surface area (Å²) in [5.74, 6) is 1.37. The largest absolute Gasteiger partial charge is 0.481 e. The summed E-state index contributed by atoms with van der Waals surface area (Å²) in [6, 6.07) is 5.82. The fourth-order valence-electron chi connectivity index (χ4n) is 3.31. The van der Waals surface area contributed by atoms with Gasteiger partial charge in [0.2, 0.25) is 5.88 Å². The summed E-state index contributed by atoms with van der Waals surface area (Å²) < 4.78 is 12.4. The van der Waals surface area contributed by atoms with E-state index in [1.807, 2.05) is 38.2 Å². The number of carbonyl (C=O) groups is 1. The van der Waals surface area contributed by atoms with Crippen LogP contribution >= 0.6 is 0 Å². The molecule has 1 fully saturated rings. The molecule has 9 heteroatoms. The number of aromatic nitrogens is 4. The van der Waals surface area contributed by atoms with Crippen LogP contribution in [-0.2, 0) is 4.74 Å². The molecule has 152 valence electrons. The quantitative estimate of drug-likeness (QED) is 0.655. The first-order chi connectivity index (χ1) is 14.0. The number of likely N-dealkylation sites (N-methyl/N-ethyl adjacent to an activating group) is 1. The van der Waals surface area contributed by atoms with Crippen molar-refractivity contribution in [2.45, 2.75) is 26.0 Å². The number of pyridine rings is 1. The Morgan fingerprint density at radius 1 is 1.28 bits per heavy atom. The fourth-order valence-corrected chi connectivity index (χ4v) is 3.31. The van der Waals surface area contributed by atoms with Gasteiger partial charge in [-0.1, -0.05) is 0 Å². The number of methoxy groups -OCH3 is 1. The SMILES string of the molecule is COc1ncccc1-c1cnn2ccc(N3CC(N(C)C(=O)OC(C)C)C3)nc12. The molecule has 0 unspecified atom stereocenters. The van der Waals surface area contributed by atoms with Gasteiger partial charge in [0.15, 0.2) is 5.65 Å². The first-order valence-corrected chi connectivity index (χ1v) is 9.50. The third-order valence-electron chi connectivity index (χ3n) is 4.97. The van der Waals surface area contributed by atoms with Crippen LogP contribution in [0.15, 0.2) is 36.8 Å². The molecule has 0 spiro atoms. The van der Waals surface area contributed by atoms with E-state index in [1.165, 1.54) is 0 Å². The van der Waals surface area contributed by atoms with E-state index in [0.29, 0.717) is 19.0 Å². The summed E-state index contributed by atoms with van der Waals surface area (Å²) in [5, 5.41) is 4.39. The van der Waals surface area contributed by atoms with E-state index in [4.69, 9.17) is 14.5 Å². The summed E-state index contributed by atoms with van der Waals surface area (Å²) in [5.41, 5.74) is 2.42. The maximum Gasteiger partial charge on any atom is 0.410 e. The van der Waals surface area contributed by atoms with Gasteiger partial charge in [-0.05, 0) is 32.0 Å². The van der Waals surface area contributed by atoms with Crippen LogP contribution in [0.5, 0.6) is 5.88 Å². The van der Waals surface area contributed by atoms with Crippen molar-refractivity contribution in [3.8, 4) is 17.0 Å². The highest BCUT2D eigenvalue weighted by molar-refractivity contribution is 5.80. The lowest BCUT2D eigenvalue weighted by molar-refractivity contribution is 0.0678. The number of fused-ring (bicyclic) bond motifs is 1. The van der Waals surface area contributed by atoms with Gasteiger partial charge < -0.3 is 19.3 Å². The van der Waals surface area contributed by atoms with Crippen LogP contribution in [0.4, 0.5) is 10.6 Å². The zero-order chi connectivity index (χ0) is 20.5. The van der Waals surface area contributed by atoms with E-state index in [2.05, 4.69) is 15.0 Å². The van der Waals surface area contributed by atoms with Gasteiger partial charge in [-0.25, -0.2) is 19.3 Å². The molecular weight excluding hydrogens is 372 g/mol. The Morgan fingerprint density at radius 2 is 2.07 bits per heavy atom. The van der Waals surface area contributed by atoms with Crippen LogP contribution in [0.2, 0.25) is 0 Å². The maximum atomic E-state index is 12.1. The first kappa shape index (κ1) is 19.0. The predicted molar refractivity (Wildman–Crippen MR) is 108 cm³/mol. The minimum atomic E-state index is -0.296. The lowest BCUT2D eigenvalue weighted by Gasteiger charge is -2.44. The minimum Gasteiger partial charge on any atom is -0.481 e. The normalized spacial score (nSPS) is 14.2. The summed E-state index contributed by atoms with van der Waals surface area (Å²) >= 11 is 0. The van der Waals surface area contributed by atoms with E-state index >= 15 is 0 Å². The Labute approximate surface area is 168 Å². The molecule has 0 aliphatic carbocycles. The van der Waals surface area contributed by atoms with E-state index in [9.17, 15) is 4.79 Å². The van der Waals surface area contributed by atoms with Crippen LogP contribution in [0.3, 0.4) is 0 Å². The molecule has 9 nitrogen and oxygen atoms in total. The Morgan fingerprint density at radius 3 is 2.79 bits per heavy atom. The molecule has 4 rings (SSSR count). The second-order valence-electron chi connectivity index (χ2n) is 7.27. The molecule has 1 saturated heterocycles. The number of anilines is 1. The van der Waals surface area contributed by atoms with E-state index in [-0.39, 0.29) is 18.2 Å². The van der Waals surface area contributed by atoms with Gasteiger partial charge in [0.05, 0.1) is 31.0 Å². The van der Waals surface area contributed by atoms with Crippen LogP contribution < -0.4 is 9.64 Å². The zero-order valence-corrected chi connectivity index (χ0v) is 16.9. The average Bonchev–Trinajstić information content (AvgIpc) is 3.09. The van der Waals surface area contributed by atoms with Gasteiger partial charge in [0.25, 0.3) is 0 Å². The highest BCUT2D eigenvalue weighted by Gasteiger charge is 2.34. The summed E-state index contributed by atoms with van der Waals surface area (Å²) in [4.78, 5) is 24.9. The number of amides is 1. The van der Waals surface area contributed by atoms with E-state index in [1.54, 1.807) is 36.0 Å². The molecule has 0 radical (unpaired) electrons. The molecular formula is C20H24N6O3. The van der Waals surface area contributed by atoms with Crippen LogP contribution in [0, 0.1) is 0 Å². The Kier molecular flexibility index (Phi) is 4.96. The second-order valence-corrected chi connectivity index (χ2v) is 7.27. The smallest absolute Gasteiger partial charge is 0.410 e. The van der Waals surface area contributed by atoms with Gasteiger partial charge in [-0.3, -0.25) is 0 Å². The number of hydrogen-bond donors (Lipinski definition) is 0. The van der Waals surface area contributed by atoms with Crippen molar-refractivity contribution in [1.82, 2.24) is 24.5 Å². The number of ether oxygens (including phenoxy) is 2. The van der Waals surface area contributed by atoms with E-state index in [0.717, 1.165) is 22.6 Å². The molecule has 1 amide bonds. The van der Waals surface area contributed by atoms with Crippen LogP contribution in [0.1, 0.15) is 13.8 Å². The monoisotopic (exact) mass is 396 g/mol. The molecule has 1 aliphatic rings. The van der Waals surface area contributed by atoms with Crippen LogP contribution in [-0.4, -0.2) is 70.0 Å². The molecule has 3 aromatic rings. The lowest BCUT2D eigenvalue weighted by Crippen LogP contribution is -2.60. The van der Waals surface area contributed by atoms with Crippen molar-refractivity contribution >= 4 is 17.6 Å². The number of nitrogens with zero attached hydrogens (tertiary/aromatic N) is 6. The molecule has 1 aliphatic heterocycles. The van der Waals surface area contributed by atoms with Crippen molar-refractivity contribution in [2.75, 3.05) is 32.1 Å². The minimum absolute atomic E-state index is 0.0991. The number of rotatable bonds is 5. The fraction of sp³-hybridized carbons (Fsp3) is 0.400. The topological polar surface area (TPSA) is 85.1 Å². The van der Waals surface area contributed by atoms with Crippen molar-refractivity contribution in [3.63, 3.8) is 0 Å². The summed E-state index contributed by atoms with van der Waals surface area (Å²) in [6.07, 6.45) is 4.91. The number of hydrogen-bond acceptors (Lipinski definition) is 7. The van der Waals surface area contributed by atoms with Gasteiger partial charge in [0.1, 0.15) is 5.82 Å². The summed E-state index contributed by atoms with van der Waals surface area (Å²) in [6.45, 7) is 5.09. The number of carbonyl (C=O) groups excluding carboxylic acids is 1. The lowest BCUT2D eigenvalue weighted by atomic mass is 10.1. The molecule has 29 heavy (non-hydrogen) atoms. The zero-order valence-electron chi connectivity index (χ0n) is 16.9. The van der Waals surface area contributed by atoms with Gasteiger partial charge in [0, 0.05) is 38.1 Å². The molecule has 0 N–H and O–H groups in total. The Bertz CT molecular complexity index is 1030. The van der Waals surface area contributed by atoms with Crippen molar-refractivity contribution in [1.29, 1.82) is 0 Å².